The second-order valence-electron chi connectivity index (χ2n) is 6.27. The molecular formula is C19H22N4. The lowest BCUT2D eigenvalue weighted by atomic mass is 10.1. The van der Waals surface area contributed by atoms with Gasteiger partial charge in [0.15, 0.2) is 0 Å². The lowest BCUT2D eigenvalue weighted by Crippen LogP contribution is -2.20. The molecule has 4 heteroatoms. The van der Waals surface area contributed by atoms with E-state index >= 15 is 0 Å². The van der Waals surface area contributed by atoms with E-state index in [9.17, 15) is 10.5 Å². The first-order valence-electron chi connectivity index (χ1n) is 7.64. The lowest BCUT2D eigenvalue weighted by Gasteiger charge is -2.16. The SMILES string of the molecule is Cc1ccc(C)c(CN2CC(=CN(C)C)C(=C(C#N)C#N)C2)c1. The number of nitriles is 2. The minimum Gasteiger partial charge on any atom is -0.383 e. The zero-order valence-corrected chi connectivity index (χ0v) is 14.2. The molecule has 1 saturated heterocycles. The maximum absolute atomic E-state index is 9.21. The Morgan fingerprint density at radius 3 is 2.52 bits per heavy atom. The molecule has 4 nitrogen and oxygen atoms in total. The molecule has 1 aromatic rings. The first kappa shape index (κ1) is 16.8. The highest BCUT2D eigenvalue weighted by Crippen LogP contribution is 2.27. The minimum absolute atomic E-state index is 0.224. The fraction of sp³-hybridized carbons (Fsp3) is 0.368. The Kier molecular flexibility index (Phi) is 5.21. The van der Waals surface area contributed by atoms with Crippen LogP contribution in [0.5, 0.6) is 0 Å². The third kappa shape index (κ3) is 4.00. The number of benzene rings is 1. The highest BCUT2D eigenvalue weighted by atomic mass is 15.1. The highest BCUT2D eigenvalue weighted by molar-refractivity contribution is 5.52. The predicted octanol–water partition coefficient (Wildman–Crippen LogP) is 2.91. The average Bonchev–Trinajstić information content (AvgIpc) is 2.86. The fourth-order valence-electron chi connectivity index (χ4n) is 2.87. The molecule has 0 amide bonds. The summed E-state index contributed by atoms with van der Waals surface area (Å²) in [5.74, 6) is 0. The van der Waals surface area contributed by atoms with Gasteiger partial charge in [0.2, 0.25) is 0 Å². The van der Waals surface area contributed by atoms with Crippen LogP contribution in [0.3, 0.4) is 0 Å². The topological polar surface area (TPSA) is 54.1 Å². The molecule has 1 aromatic carbocycles. The molecule has 23 heavy (non-hydrogen) atoms. The van der Waals surface area contributed by atoms with Gasteiger partial charge < -0.3 is 4.90 Å². The van der Waals surface area contributed by atoms with Gasteiger partial charge in [-0.3, -0.25) is 4.90 Å². The van der Waals surface area contributed by atoms with Gasteiger partial charge in [0.25, 0.3) is 0 Å². The second kappa shape index (κ2) is 7.13. The summed E-state index contributed by atoms with van der Waals surface area (Å²) in [6.07, 6.45) is 2.01. The van der Waals surface area contributed by atoms with E-state index in [4.69, 9.17) is 0 Å². The number of hydrogen-bond donors (Lipinski definition) is 0. The van der Waals surface area contributed by atoms with Crippen LogP contribution in [0.1, 0.15) is 16.7 Å². The number of nitrogens with zero attached hydrogens (tertiary/aromatic N) is 4. The number of aryl methyl sites for hydroxylation is 2. The van der Waals surface area contributed by atoms with Gasteiger partial charge in [-0.1, -0.05) is 23.8 Å². The van der Waals surface area contributed by atoms with Crippen molar-refractivity contribution in [1.29, 1.82) is 10.5 Å². The molecule has 1 aliphatic rings. The van der Waals surface area contributed by atoms with Gasteiger partial charge in [0, 0.05) is 45.5 Å². The largest absolute Gasteiger partial charge is 0.383 e. The summed E-state index contributed by atoms with van der Waals surface area (Å²) in [4.78, 5) is 4.24. The van der Waals surface area contributed by atoms with Crippen LogP contribution in [0, 0.1) is 36.5 Å². The molecule has 0 unspecified atom stereocenters. The van der Waals surface area contributed by atoms with Crippen LogP contribution >= 0.6 is 0 Å². The van der Waals surface area contributed by atoms with Crippen LogP contribution in [0.15, 0.2) is 41.1 Å². The van der Waals surface area contributed by atoms with Gasteiger partial charge in [-0.25, -0.2) is 0 Å². The number of likely N-dealkylation sites (tertiary alicyclic amines) is 1. The first-order chi connectivity index (χ1) is 10.9. The average molecular weight is 306 g/mol. The van der Waals surface area contributed by atoms with Crippen LogP contribution in [0.2, 0.25) is 0 Å². The Morgan fingerprint density at radius 2 is 1.91 bits per heavy atom. The quantitative estimate of drug-likeness (QED) is 0.806. The molecule has 1 aliphatic heterocycles. The molecule has 0 saturated carbocycles. The first-order valence-corrected chi connectivity index (χ1v) is 7.64. The van der Waals surface area contributed by atoms with Crippen molar-refractivity contribution < 1.29 is 0 Å². The summed E-state index contributed by atoms with van der Waals surface area (Å²) in [6, 6.07) is 10.5. The van der Waals surface area contributed by atoms with E-state index in [0.29, 0.717) is 6.54 Å². The Labute approximate surface area is 138 Å². The van der Waals surface area contributed by atoms with Crippen molar-refractivity contribution in [2.24, 2.45) is 0 Å². The third-order valence-electron chi connectivity index (χ3n) is 4.00. The van der Waals surface area contributed by atoms with Crippen LogP contribution < -0.4 is 0 Å². The Balaban J connectivity index is 2.31. The summed E-state index contributed by atoms with van der Waals surface area (Å²) in [5.41, 5.74) is 5.95. The van der Waals surface area contributed by atoms with Gasteiger partial charge in [-0.2, -0.15) is 10.5 Å². The predicted molar refractivity (Wildman–Crippen MR) is 91.2 cm³/mol. The van der Waals surface area contributed by atoms with Gasteiger partial charge in [0.05, 0.1) is 0 Å². The van der Waals surface area contributed by atoms with Crippen LogP contribution in [0.4, 0.5) is 0 Å². The molecule has 0 radical (unpaired) electrons. The second-order valence-corrected chi connectivity index (χ2v) is 6.27. The minimum atomic E-state index is 0.224. The van der Waals surface area contributed by atoms with Gasteiger partial charge >= 0.3 is 0 Å². The monoisotopic (exact) mass is 306 g/mol. The normalized spacial score (nSPS) is 16.3. The highest BCUT2D eigenvalue weighted by Gasteiger charge is 2.25. The van der Waals surface area contributed by atoms with Gasteiger partial charge in [-0.15, -0.1) is 0 Å². The molecular weight excluding hydrogens is 284 g/mol. The van der Waals surface area contributed by atoms with Crippen molar-refractivity contribution in [3.8, 4) is 12.1 Å². The van der Waals surface area contributed by atoms with E-state index in [-0.39, 0.29) is 5.57 Å². The molecule has 0 N–H and O–H groups in total. The molecule has 0 aliphatic carbocycles. The van der Waals surface area contributed by atoms with E-state index in [1.165, 1.54) is 16.7 Å². The van der Waals surface area contributed by atoms with E-state index < -0.39 is 0 Å². The molecule has 0 aromatic heterocycles. The molecule has 0 atom stereocenters. The lowest BCUT2D eigenvalue weighted by molar-refractivity contribution is 0.345. The van der Waals surface area contributed by atoms with Crippen molar-refractivity contribution >= 4 is 0 Å². The van der Waals surface area contributed by atoms with Crippen molar-refractivity contribution in [3.63, 3.8) is 0 Å². The van der Waals surface area contributed by atoms with Crippen LogP contribution in [-0.2, 0) is 6.54 Å². The van der Waals surface area contributed by atoms with Crippen molar-refractivity contribution in [2.75, 3.05) is 27.2 Å². The van der Waals surface area contributed by atoms with E-state index in [1.807, 2.05) is 37.3 Å². The summed E-state index contributed by atoms with van der Waals surface area (Å²) >= 11 is 0. The van der Waals surface area contributed by atoms with E-state index in [0.717, 1.165) is 24.2 Å². The van der Waals surface area contributed by atoms with Crippen molar-refractivity contribution in [3.05, 3.63) is 57.8 Å². The van der Waals surface area contributed by atoms with Crippen LogP contribution in [-0.4, -0.2) is 37.0 Å². The Morgan fingerprint density at radius 1 is 1.22 bits per heavy atom. The summed E-state index contributed by atoms with van der Waals surface area (Å²) < 4.78 is 0. The number of allylic oxidation sites excluding steroid dienone is 1. The maximum Gasteiger partial charge on any atom is 0.134 e. The fourth-order valence-corrected chi connectivity index (χ4v) is 2.87. The van der Waals surface area contributed by atoms with Gasteiger partial charge in [0.1, 0.15) is 17.7 Å². The maximum atomic E-state index is 9.21. The standard InChI is InChI=1S/C19H22N4/c1-14-5-6-15(2)16(7-14)11-23-12-18(10-22(3)4)19(13-23)17(8-20)9-21/h5-7,10H,11-13H2,1-4H3. The Bertz CT molecular complexity index is 726. The zero-order chi connectivity index (χ0) is 17.0. The van der Waals surface area contributed by atoms with E-state index in [1.54, 1.807) is 0 Å². The summed E-state index contributed by atoms with van der Waals surface area (Å²) in [7, 11) is 3.91. The summed E-state index contributed by atoms with van der Waals surface area (Å²) in [5, 5.41) is 18.4. The number of rotatable bonds is 3. The molecule has 1 fully saturated rings. The van der Waals surface area contributed by atoms with Gasteiger partial charge in [-0.05, 0) is 30.5 Å². The Hall–Kier alpha value is -2.56. The smallest absolute Gasteiger partial charge is 0.134 e. The molecule has 118 valence electrons. The molecule has 0 spiro atoms. The van der Waals surface area contributed by atoms with Crippen molar-refractivity contribution in [2.45, 2.75) is 20.4 Å². The molecule has 1 heterocycles. The zero-order valence-electron chi connectivity index (χ0n) is 14.2. The van der Waals surface area contributed by atoms with E-state index in [2.05, 4.69) is 36.9 Å². The van der Waals surface area contributed by atoms with Crippen molar-refractivity contribution in [1.82, 2.24) is 9.80 Å². The molecule has 0 bridgehead atoms. The summed E-state index contributed by atoms with van der Waals surface area (Å²) in [6.45, 7) is 6.44. The van der Waals surface area contributed by atoms with Crippen LogP contribution in [0.25, 0.3) is 0 Å². The number of hydrogen-bond acceptors (Lipinski definition) is 4. The molecule has 2 rings (SSSR count). The third-order valence-corrected chi connectivity index (χ3v) is 4.00.